The number of piperazine rings is 1. The smallest absolute Gasteiger partial charge is 0.410 e. The van der Waals surface area contributed by atoms with Gasteiger partial charge < -0.3 is 23.8 Å². The van der Waals surface area contributed by atoms with E-state index in [2.05, 4.69) is 9.88 Å². The van der Waals surface area contributed by atoms with Gasteiger partial charge in [0.15, 0.2) is 23.1 Å². The Balaban J connectivity index is 1.42. The Morgan fingerprint density at radius 3 is 2.44 bits per heavy atom. The van der Waals surface area contributed by atoms with Crippen molar-refractivity contribution >= 4 is 22.7 Å². The van der Waals surface area contributed by atoms with E-state index in [-0.39, 0.29) is 17.5 Å². The molecule has 3 aromatic rings. The zero-order valence-corrected chi connectivity index (χ0v) is 22.3. The van der Waals surface area contributed by atoms with Crippen molar-refractivity contribution in [1.29, 1.82) is 0 Å². The summed E-state index contributed by atoms with van der Waals surface area (Å²) in [7, 11) is 1.52. The number of nitro groups is 1. The van der Waals surface area contributed by atoms with E-state index in [0.717, 1.165) is 6.07 Å². The quantitative estimate of drug-likeness (QED) is 0.286. The molecule has 39 heavy (non-hydrogen) atoms. The fourth-order valence-electron chi connectivity index (χ4n) is 4.06. The fraction of sp³-hybridized carbons (Fsp3) is 0.407. The van der Waals surface area contributed by atoms with E-state index in [0.29, 0.717) is 67.5 Å². The molecule has 0 aliphatic carbocycles. The minimum absolute atomic E-state index is 0.156. The number of halogens is 1. The third-order valence-corrected chi connectivity index (χ3v) is 6.02. The molecule has 11 nitrogen and oxygen atoms in total. The lowest BCUT2D eigenvalue weighted by Crippen LogP contribution is -2.50. The summed E-state index contributed by atoms with van der Waals surface area (Å²) in [6.45, 7) is 9.06. The van der Waals surface area contributed by atoms with Crippen molar-refractivity contribution in [3.63, 3.8) is 0 Å². The number of hydrogen-bond acceptors (Lipinski definition) is 9. The highest BCUT2D eigenvalue weighted by atomic mass is 19.1. The van der Waals surface area contributed by atoms with E-state index in [1.807, 2.05) is 20.8 Å². The molecule has 1 aromatic heterocycles. The van der Waals surface area contributed by atoms with Gasteiger partial charge in [0, 0.05) is 56.4 Å². The predicted octanol–water partition coefficient (Wildman–Crippen LogP) is 5.01. The Morgan fingerprint density at radius 1 is 1.05 bits per heavy atom. The first kappa shape index (κ1) is 27.8. The molecule has 12 heteroatoms. The molecular weight excluding hydrogens is 511 g/mol. The van der Waals surface area contributed by atoms with Crippen LogP contribution in [0.2, 0.25) is 0 Å². The molecule has 1 fully saturated rings. The number of ether oxygens (including phenoxy) is 4. The van der Waals surface area contributed by atoms with E-state index in [4.69, 9.17) is 18.9 Å². The van der Waals surface area contributed by atoms with E-state index in [1.54, 1.807) is 23.1 Å². The zero-order chi connectivity index (χ0) is 28.2. The molecule has 1 amide bonds. The van der Waals surface area contributed by atoms with Crippen LogP contribution in [0.25, 0.3) is 10.9 Å². The van der Waals surface area contributed by atoms with Gasteiger partial charge in [0.2, 0.25) is 0 Å². The number of methoxy groups -OCH3 is 1. The third-order valence-electron chi connectivity index (χ3n) is 6.02. The van der Waals surface area contributed by atoms with Crippen molar-refractivity contribution in [1.82, 2.24) is 14.8 Å². The van der Waals surface area contributed by atoms with Crippen LogP contribution in [0.15, 0.2) is 42.6 Å². The minimum Gasteiger partial charge on any atom is -0.493 e. The highest BCUT2D eigenvalue weighted by Crippen LogP contribution is 2.38. The molecule has 0 radical (unpaired) electrons. The van der Waals surface area contributed by atoms with Gasteiger partial charge in [-0.05, 0) is 39.0 Å². The molecule has 0 spiro atoms. The molecule has 2 heterocycles. The first-order valence-corrected chi connectivity index (χ1v) is 12.5. The summed E-state index contributed by atoms with van der Waals surface area (Å²) in [6.07, 6.45) is 1.21. The number of non-ortho nitro benzene ring substituents is 1. The summed E-state index contributed by atoms with van der Waals surface area (Å²) >= 11 is 0. The van der Waals surface area contributed by atoms with Crippen molar-refractivity contribution < 1.29 is 33.1 Å². The van der Waals surface area contributed by atoms with Gasteiger partial charge >= 0.3 is 6.09 Å². The van der Waals surface area contributed by atoms with Crippen LogP contribution in [0.1, 0.15) is 20.8 Å². The molecule has 4 rings (SSSR count). The van der Waals surface area contributed by atoms with E-state index in [9.17, 15) is 19.3 Å². The Labute approximate surface area is 225 Å². The number of carbonyl (C=O) groups is 1. The SMILES string of the molecule is COc1cc2nccc(Oc3ccc([N+](=O)[O-])cc3F)c2cc1OCCN1CCN(C(=O)OC(C)(C)C)CC1. The normalized spacial score (nSPS) is 14.2. The second-order valence-corrected chi connectivity index (χ2v) is 9.96. The first-order valence-electron chi connectivity index (χ1n) is 12.5. The van der Waals surface area contributed by atoms with Gasteiger partial charge in [-0.3, -0.25) is 20.0 Å². The number of benzene rings is 2. The molecule has 0 saturated carbocycles. The largest absolute Gasteiger partial charge is 0.493 e. The second kappa shape index (κ2) is 11.7. The number of amides is 1. The van der Waals surface area contributed by atoms with Crippen LogP contribution in [0, 0.1) is 15.9 Å². The van der Waals surface area contributed by atoms with Crippen LogP contribution < -0.4 is 14.2 Å². The number of rotatable bonds is 8. The summed E-state index contributed by atoms with van der Waals surface area (Å²) in [4.78, 5) is 30.8. The van der Waals surface area contributed by atoms with Crippen molar-refractivity contribution in [2.75, 3.05) is 46.4 Å². The lowest BCUT2D eigenvalue weighted by molar-refractivity contribution is -0.385. The van der Waals surface area contributed by atoms with Gasteiger partial charge in [0.05, 0.1) is 23.6 Å². The van der Waals surface area contributed by atoms with Gasteiger partial charge in [-0.25, -0.2) is 9.18 Å². The number of hydrogen-bond donors (Lipinski definition) is 0. The maximum absolute atomic E-state index is 14.5. The highest BCUT2D eigenvalue weighted by Gasteiger charge is 2.26. The Kier molecular flexibility index (Phi) is 8.34. The molecule has 1 aliphatic rings. The number of nitrogens with zero attached hydrogens (tertiary/aromatic N) is 4. The molecule has 0 atom stereocenters. The summed E-state index contributed by atoms with van der Waals surface area (Å²) in [5.41, 5.74) is -0.361. The lowest BCUT2D eigenvalue weighted by Gasteiger charge is -2.35. The van der Waals surface area contributed by atoms with E-state index in [1.165, 1.54) is 25.4 Å². The van der Waals surface area contributed by atoms with Crippen molar-refractivity contribution in [2.45, 2.75) is 26.4 Å². The fourth-order valence-corrected chi connectivity index (χ4v) is 4.06. The van der Waals surface area contributed by atoms with Gasteiger partial charge in [-0.1, -0.05) is 0 Å². The molecule has 208 valence electrons. The third kappa shape index (κ3) is 7.02. The number of fused-ring (bicyclic) bond motifs is 1. The topological polar surface area (TPSA) is 116 Å². The van der Waals surface area contributed by atoms with Crippen LogP contribution in [-0.4, -0.2) is 77.8 Å². The number of carbonyl (C=O) groups excluding carboxylic acids is 1. The molecule has 0 bridgehead atoms. The molecule has 0 N–H and O–H groups in total. The predicted molar refractivity (Wildman–Crippen MR) is 141 cm³/mol. The molecule has 0 unspecified atom stereocenters. The second-order valence-electron chi connectivity index (χ2n) is 9.96. The van der Waals surface area contributed by atoms with Crippen molar-refractivity contribution in [3.05, 3.63) is 58.5 Å². The Hall–Kier alpha value is -4.19. The van der Waals surface area contributed by atoms with E-state index >= 15 is 0 Å². The summed E-state index contributed by atoms with van der Waals surface area (Å²) in [5, 5.41) is 11.5. The Bertz CT molecular complexity index is 1350. The summed E-state index contributed by atoms with van der Waals surface area (Å²) in [5.74, 6) is 0.226. The van der Waals surface area contributed by atoms with Gasteiger partial charge in [0.25, 0.3) is 5.69 Å². The van der Waals surface area contributed by atoms with Crippen molar-refractivity contribution in [2.24, 2.45) is 0 Å². The van der Waals surface area contributed by atoms with Gasteiger partial charge in [0.1, 0.15) is 18.0 Å². The van der Waals surface area contributed by atoms with Gasteiger partial charge in [-0.2, -0.15) is 0 Å². The maximum Gasteiger partial charge on any atom is 0.410 e. The molecule has 1 aliphatic heterocycles. The molecular formula is C27H31FN4O7. The molecule has 1 saturated heterocycles. The van der Waals surface area contributed by atoms with Crippen LogP contribution in [0.3, 0.4) is 0 Å². The standard InChI is InChI=1S/C27H31FN4O7/c1-27(2,3)39-26(33)31-11-9-30(10-12-31)13-14-37-25-16-19-21(17-24(25)36-4)29-8-7-22(19)38-23-6-5-18(32(34)35)15-20(23)28/h5-8,15-17H,9-14H2,1-4H3. The number of pyridine rings is 1. The summed E-state index contributed by atoms with van der Waals surface area (Å²) < 4.78 is 37.2. The van der Waals surface area contributed by atoms with Crippen molar-refractivity contribution in [3.8, 4) is 23.0 Å². The van der Waals surface area contributed by atoms with Gasteiger partial charge in [-0.15, -0.1) is 0 Å². The molecule has 2 aromatic carbocycles. The first-order chi connectivity index (χ1) is 18.5. The number of aromatic nitrogens is 1. The average Bonchev–Trinajstić information content (AvgIpc) is 2.89. The number of nitro benzene ring substituents is 1. The minimum atomic E-state index is -0.856. The van der Waals surface area contributed by atoms with Crippen LogP contribution in [-0.2, 0) is 4.74 Å². The summed E-state index contributed by atoms with van der Waals surface area (Å²) in [6, 6.07) is 8.17. The Morgan fingerprint density at radius 2 is 1.79 bits per heavy atom. The maximum atomic E-state index is 14.5. The highest BCUT2D eigenvalue weighted by molar-refractivity contribution is 5.88. The average molecular weight is 543 g/mol. The zero-order valence-electron chi connectivity index (χ0n) is 22.3. The monoisotopic (exact) mass is 542 g/mol. The lowest BCUT2D eigenvalue weighted by atomic mass is 10.1. The van der Waals surface area contributed by atoms with Crippen LogP contribution in [0.4, 0.5) is 14.9 Å². The van der Waals surface area contributed by atoms with Crippen LogP contribution >= 0.6 is 0 Å². The van der Waals surface area contributed by atoms with E-state index < -0.39 is 16.3 Å². The van der Waals surface area contributed by atoms with Crippen LogP contribution in [0.5, 0.6) is 23.0 Å².